The minimum absolute atomic E-state index is 0.496. The highest BCUT2D eigenvalue weighted by molar-refractivity contribution is 5.46. The van der Waals surface area contributed by atoms with E-state index in [2.05, 4.69) is 58.2 Å². The van der Waals surface area contributed by atoms with Crippen LogP contribution in [-0.4, -0.2) is 0 Å². The molecule has 0 unspecified atom stereocenters. The van der Waals surface area contributed by atoms with Crippen LogP contribution >= 0.6 is 0 Å². The first-order valence-corrected chi connectivity index (χ1v) is 5.97. The van der Waals surface area contributed by atoms with Gasteiger partial charge in [0, 0.05) is 0 Å². The molecule has 0 fully saturated rings. The summed E-state index contributed by atoms with van der Waals surface area (Å²) in [5, 5.41) is 2.25. The fourth-order valence-electron chi connectivity index (χ4n) is 1.24. The van der Waals surface area contributed by atoms with Crippen LogP contribution in [0.15, 0.2) is 30.4 Å². The predicted molar refractivity (Wildman–Crippen MR) is 75.7 cm³/mol. The third-order valence-corrected chi connectivity index (χ3v) is 2.38. The standard InChI is InChI=1S/C14H18.C2H6/c1-10(2)12(4)9-14-7-6-11(3)8-13(14)5;1-2/h6-10H,4-5H2,1-3H3;1-2H3/b14-9-;. The summed E-state index contributed by atoms with van der Waals surface area (Å²) >= 11 is 0. The van der Waals surface area contributed by atoms with Gasteiger partial charge >= 0.3 is 0 Å². The molecule has 0 nitrogen and oxygen atoms in total. The van der Waals surface area contributed by atoms with Crippen LogP contribution in [0.4, 0.5) is 0 Å². The number of hydrogen-bond donors (Lipinski definition) is 0. The lowest BCUT2D eigenvalue weighted by Crippen LogP contribution is -2.23. The molecule has 1 aromatic carbocycles. The Morgan fingerprint density at radius 2 is 1.81 bits per heavy atom. The molecule has 0 aliphatic rings. The van der Waals surface area contributed by atoms with Gasteiger partial charge in [0.1, 0.15) is 0 Å². The fourth-order valence-corrected chi connectivity index (χ4v) is 1.24. The monoisotopic (exact) mass is 216 g/mol. The Balaban J connectivity index is 0.00000106. The van der Waals surface area contributed by atoms with Gasteiger partial charge in [0.2, 0.25) is 0 Å². The van der Waals surface area contributed by atoms with E-state index in [1.54, 1.807) is 0 Å². The van der Waals surface area contributed by atoms with E-state index in [1.807, 2.05) is 13.8 Å². The largest absolute Gasteiger partial charge is 0.0955 e. The van der Waals surface area contributed by atoms with Gasteiger partial charge in [0.25, 0.3) is 0 Å². The second-order valence-corrected chi connectivity index (χ2v) is 4.08. The maximum Gasteiger partial charge on any atom is -0.0187 e. The third kappa shape index (κ3) is 4.48. The molecule has 0 amide bonds. The van der Waals surface area contributed by atoms with Crippen molar-refractivity contribution >= 4 is 12.7 Å². The molecule has 0 aliphatic heterocycles. The van der Waals surface area contributed by atoms with Gasteiger partial charge < -0.3 is 0 Å². The number of benzene rings is 1. The van der Waals surface area contributed by atoms with Crippen molar-refractivity contribution in [2.75, 3.05) is 0 Å². The van der Waals surface area contributed by atoms with Crippen molar-refractivity contribution < 1.29 is 0 Å². The van der Waals surface area contributed by atoms with Gasteiger partial charge in [-0.2, -0.15) is 0 Å². The SMILES string of the molecule is C=C(/C=c1/ccc(C)cc1=C)C(C)C.CC. The lowest BCUT2D eigenvalue weighted by Gasteiger charge is -2.02. The van der Waals surface area contributed by atoms with E-state index in [4.69, 9.17) is 0 Å². The molecule has 0 saturated carbocycles. The van der Waals surface area contributed by atoms with Gasteiger partial charge in [-0.05, 0) is 23.3 Å². The average Bonchev–Trinajstić information content (AvgIpc) is 2.25. The van der Waals surface area contributed by atoms with Crippen LogP contribution in [0.25, 0.3) is 12.7 Å². The normalized spacial score (nSPS) is 11.0. The van der Waals surface area contributed by atoms with Crippen LogP contribution in [0.3, 0.4) is 0 Å². The zero-order valence-electron chi connectivity index (χ0n) is 11.3. The first-order chi connectivity index (χ1) is 7.50. The van der Waals surface area contributed by atoms with Crippen LogP contribution in [0.2, 0.25) is 0 Å². The summed E-state index contributed by atoms with van der Waals surface area (Å²) in [6, 6.07) is 6.30. The molecule has 0 heterocycles. The van der Waals surface area contributed by atoms with Crippen molar-refractivity contribution in [2.45, 2.75) is 34.6 Å². The lowest BCUT2D eigenvalue weighted by molar-refractivity contribution is 0.805. The van der Waals surface area contributed by atoms with Crippen LogP contribution in [0, 0.1) is 12.8 Å². The van der Waals surface area contributed by atoms with Gasteiger partial charge in [0.15, 0.2) is 0 Å². The minimum Gasteiger partial charge on any atom is -0.0955 e. The molecule has 1 rings (SSSR count). The van der Waals surface area contributed by atoms with Gasteiger partial charge in [-0.3, -0.25) is 0 Å². The minimum atomic E-state index is 0.496. The van der Waals surface area contributed by atoms with Crippen LogP contribution in [-0.2, 0) is 0 Å². The maximum atomic E-state index is 4.03. The Bertz CT molecular complexity index is 436. The summed E-state index contributed by atoms with van der Waals surface area (Å²) in [6.45, 7) is 18.4. The first-order valence-electron chi connectivity index (χ1n) is 5.97. The molecule has 0 radical (unpaired) electrons. The Kier molecular flexibility index (Phi) is 6.48. The molecule has 16 heavy (non-hydrogen) atoms. The summed E-state index contributed by atoms with van der Waals surface area (Å²) in [5.41, 5.74) is 2.40. The van der Waals surface area contributed by atoms with Crippen molar-refractivity contribution in [1.82, 2.24) is 0 Å². The van der Waals surface area contributed by atoms with Crippen LogP contribution in [0.1, 0.15) is 33.3 Å². The van der Waals surface area contributed by atoms with Crippen molar-refractivity contribution in [3.8, 4) is 0 Å². The van der Waals surface area contributed by atoms with E-state index in [1.165, 1.54) is 10.8 Å². The van der Waals surface area contributed by atoms with Crippen molar-refractivity contribution in [1.29, 1.82) is 0 Å². The Hall–Kier alpha value is -1.30. The lowest BCUT2D eigenvalue weighted by atomic mass is 10.0. The van der Waals surface area contributed by atoms with Crippen LogP contribution < -0.4 is 10.4 Å². The Morgan fingerprint density at radius 1 is 1.25 bits per heavy atom. The topological polar surface area (TPSA) is 0 Å². The van der Waals surface area contributed by atoms with Crippen LogP contribution in [0.5, 0.6) is 0 Å². The smallest absolute Gasteiger partial charge is 0.0187 e. The van der Waals surface area contributed by atoms with E-state index < -0.39 is 0 Å². The predicted octanol–water partition coefficient (Wildman–Crippen LogP) is 3.42. The van der Waals surface area contributed by atoms with Gasteiger partial charge in [-0.25, -0.2) is 0 Å². The van der Waals surface area contributed by atoms with E-state index >= 15 is 0 Å². The first kappa shape index (κ1) is 14.7. The quantitative estimate of drug-likeness (QED) is 0.710. The highest BCUT2D eigenvalue weighted by Gasteiger charge is 1.95. The second-order valence-electron chi connectivity index (χ2n) is 4.08. The summed E-state index contributed by atoms with van der Waals surface area (Å²) in [4.78, 5) is 0. The number of aryl methyl sites for hydroxylation is 1. The molecule has 0 atom stereocenters. The zero-order chi connectivity index (χ0) is 12.7. The fraction of sp³-hybridized carbons (Fsp3) is 0.375. The third-order valence-electron chi connectivity index (χ3n) is 2.38. The Morgan fingerprint density at radius 3 is 2.25 bits per heavy atom. The van der Waals surface area contributed by atoms with Gasteiger partial charge in [-0.1, -0.05) is 76.3 Å². The van der Waals surface area contributed by atoms with Crippen molar-refractivity contribution in [2.24, 2.45) is 5.92 Å². The zero-order valence-corrected chi connectivity index (χ0v) is 11.3. The van der Waals surface area contributed by atoms with E-state index in [9.17, 15) is 0 Å². The van der Waals surface area contributed by atoms with Gasteiger partial charge in [-0.15, -0.1) is 0 Å². The molecule has 0 spiro atoms. The number of hydrogen-bond acceptors (Lipinski definition) is 0. The summed E-state index contributed by atoms with van der Waals surface area (Å²) < 4.78 is 0. The van der Waals surface area contributed by atoms with E-state index in [-0.39, 0.29) is 0 Å². The summed E-state index contributed by atoms with van der Waals surface area (Å²) in [6.07, 6.45) is 2.12. The van der Waals surface area contributed by atoms with Crippen molar-refractivity contribution in [3.63, 3.8) is 0 Å². The molecular weight excluding hydrogens is 192 g/mol. The summed E-state index contributed by atoms with van der Waals surface area (Å²) in [5.74, 6) is 0.496. The average molecular weight is 216 g/mol. The second kappa shape index (κ2) is 7.05. The molecule has 1 aromatic rings. The molecule has 0 heteroatoms. The maximum absolute atomic E-state index is 4.03. The highest BCUT2D eigenvalue weighted by Crippen LogP contribution is 2.06. The molecular formula is C16H24. The highest BCUT2D eigenvalue weighted by atomic mass is 14.0. The van der Waals surface area contributed by atoms with E-state index in [0.717, 1.165) is 10.8 Å². The molecule has 0 aliphatic carbocycles. The number of allylic oxidation sites excluding steroid dienone is 1. The number of rotatable bonds is 2. The van der Waals surface area contributed by atoms with Gasteiger partial charge in [0.05, 0.1) is 0 Å². The molecule has 0 N–H and O–H groups in total. The summed E-state index contributed by atoms with van der Waals surface area (Å²) in [7, 11) is 0. The molecule has 0 bridgehead atoms. The molecule has 88 valence electrons. The molecule has 0 aromatic heterocycles. The van der Waals surface area contributed by atoms with E-state index in [0.29, 0.717) is 5.92 Å². The van der Waals surface area contributed by atoms with Crippen molar-refractivity contribution in [3.05, 3.63) is 46.4 Å². The Labute approximate surface area is 100 Å². The molecule has 0 saturated heterocycles.